The second kappa shape index (κ2) is 5.33. The van der Waals surface area contributed by atoms with Crippen LogP contribution in [0.15, 0.2) is 24.3 Å². The Hall–Kier alpha value is -0.0500. The summed E-state index contributed by atoms with van der Waals surface area (Å²) in [6.07, 6.45) is 2.61. The molecule has 1 aromatic rings. The van der Waals surface area contributed by atoms with Crippen molar-refractivity contribution in [2.75, 3.05) is 11.9 Å². The Kier molecular flexibility index (Phi) is 4.06. The molecule has 0 saturated carbocycles. The standard InChI is InChI=1S/C12H15BrClN/c13-8-11-5-3-7-15(11)9-10-4-1-2-6-12(10)14/h1-2,4,6,11H,3,5,7-9H2. The Bertz CT molecular complexity index is 329. The Morgan fingerprint density at radius 2 is 2.20 bits per heavy atom. The smallest absolute Gasteiger partial charge is 0.0451 e. The zero-order valence-electron chi connectivity index (χ0n) is 8.63. The summed E-state index contributed by atoms with van der Waals surface area (Å²) < 4.78 is 0. The molecule has 1 aliphatic rings. The van der Waals surface area contributed by atoms with Crippen molar-refractivity contribution >= 4 is 27.5 Å². The van der Waals surface area contributed by atoms with E-state index in [2.05, 4.69) is 33.0 Å². The van der Waals surface area contributed by atoms with Gasteiger partial charge in [0.25, 0.3) is 0 Å². The van der Waals surface area contributed by atoms with Crippen molar-refractivity contribution in [1.82, 2.24) is 4.90 Å². The molecule has 0 aliphatic carbocycles. The topological polar surface area (TPSA) is 3.24 Å². The summed E-state index contributed by atoms with van der Waals surface area (Å²) in [7, 11) is 0. The second-order valence-corrected chi connectivity index (χ2v) is 5.07. The van der Waals surface area contributed by atoms with Crippen molar-refractivity contribution < 1.29 is 0 Å². The van der Waals surface area contributed by atoms with Crippen LogP contribution in [0.5, 0.6) is 0 Å². The lowest BCUT2D eigenvalue weighted by molar-refractivity contribution is 0.265. The van der Waals surface area contributed by atoms with Crippen LogP contribution in [0.25, 0.3) is 0 Å². The van der Waals surface area contributed by atoms with Crippen LogP contribution in [-0.4, -0.2) is 22.8 Å². The summed E-state index contributed by atoms with van der Waals surface area (Å²) in [6, 6.07) is 8.81. The van der Waals surface area contributed by atoms with Gasteiger partial charge in [0, 0.05) is 22.9 Å². The highest BCUT2D eigenvalue weighted by Crippen LogP contribution is 2.24. The molecule has 1 saturated heterocycles. The molecule has 1 aliphatic heterocycles. The van der Waals surface area contributed by atoms with Gasteiger partial charge in [-0.1, -0.05) is 45.7 Å². The van der Waals surface area contributed by atoms with Gasteiger partial charge in [0.2, 0.25) is 0 Å². The molecule has 15 heavy (non-hydrogen) atoms. The Morgan fingerprint density at radius 3 is 2.93 bits per heavy atom. The maximum Gasteiger partial charge on any atom is 0.0451 e. The summed E-state index contributed by atoms with van der Waals surface area (Å²) in [6.45, 7) is 2.18. The molecule has 0 aromatic heterocycles. The van der Waals surface area contributed by atoms with Crippen molar-refractivity contribution in [2.45, 2.75) is 25.4 Å². The molecule has 0 amide bonds. The van der Waals surface area contributed by atoms with Crippen molar-refractivity contribution in [3.8, 4) is 0 Å². The molecule has 1 unspecified atom stereocenters. The molecule has 2 rings (SSSR count). The third kappa shape index (κ3) is 2.74. The quantitative estimate of drug-likeness (QED) is 0.767. The molecule has 1 fully saturated rings. The van der Waals surface area contributed by atoms with Gasteiger partial charge in [-0.15, -0.1) is 0 Å². The van der Waals surface area contributed by atoms with E-state index in [0.717, 1.165) is 16.9 Å². The first-order valence-corrected chi connectivity index (χ1v) is 6.84. The van der Waals surface area contributed by atoms with Gasteiger partial charge in [0.15, 0.2) is 0 Å². The predicted octanol–water partition coefficient (Wildman–Crippen LogP) is 3.70. The van der Waals surface area contributed by atoms with Crippen LogP contribution in [0.1, 0.15) is 18.4 Å². The number of likely N-dealkylation sites (tertiary alicyclic amines) is 1. The minimum absolute atomic E-state index is 0.682. The Balaban J connectivity index is 2.05. The summed E-state index contributed by atoms with van der Waals surface area (Å²) in [5, 5.41) is 1.95. The third-order valence-corrected chi connectivity index (χ3v) is 4.12. The first kappa shape index (κ1) is 11.4. The highest BCUT2D eigenvalue weighted by atomic mass is 79.9. The lowest BCUT2D eigenvalue weighted by atomic mass is 10.2. The van der Waals surface area contributed by atoms with Crippen LogP contribution < -0.4 is 0 Å². The van der Waals surface area contributed by atoms with Gasteiger partial charge >= 0.3 is 0 Å². The summed E-state index contributed by atoms with van der Waals surface area (Å²) in [5.41, 5.74) is 1.24. The van der Waals surface area contributed by atoms with Gasteiger partial charge in [-0.05, 0) is 31.0 Å². The molecular formula is C12H15BrClN. The zero-order valence-corrected chi connectivity index (χ0v) is 11.0. The molecule has 0 spiro atoms. The van der Waals surface area contributed by atoms with E-state index in [1.54, 1.807) is 0 Å². The minimum atomic E-state index is 0.682. The molecular weight excluding hydrogens is 273 g/mol. The largest absolute Gasteiger partial charge is 0.295 e. The van der Waals surface area contributed by atoms with E-state index < -0.39 is 0 Å². The van der Waals surface area contributed by atoms with Crippen LogP contribution in [0, 0.1) is 0 Å². The maximum atomic E-state index is 6.16. The molecule has 0 N–H and O–H groups in total. The van der Waals surface area contributed by atoms with Gasteiger partial charge in [-0.25, -0.2) is 0 Å². The van der Waals surface area contributed by atoms with E-state index in [9.17, 15) is 0 Å². The van der Waals surface area contributed by atoms with Crippen LogP contribution in [-0.2, 0) is 6.54 Å². The molecule has 0 radical (unpaired) electrons. The fraction of sp³-hybridized carbons (Fsp3) is 0.500. The Morgan fingerprint density at radius 1 is 1.40 bits per heavy atom. The van der Waals surface area contributed by atoms with Gasteiger partial charge < -0.3 is 0 Å². The normalized spacial score (nSPS) is 22.1. The van der Waals surface area contributed by atoms with Crippen molar-refractivity contribution in [2.24, 2.45) is 0 Å². The van der Waals surface area contributed by atoms with E-state index in [1.807, 2.05) is 12.1 Å². The van der Waals surface area contributed by atoms with Crippen LogP contribution in [0.2, 0.25) is 5.02 Å². The average Bonchev–Trinajstić information content (AvgIpc) is 2.69. The zero-order chi connectivity index (χ0) is 10.7. The molecule has 1 atom stereocenters. The van der Waals surface area contributed by atoms with Crippen molar-refractivity contribution in [3.05, 3.63) is 34.9 Å². The first-order chi connectivity index (χ1) is 7.31. The van der Waals surface area contributed by atoms with Crippen molar-refractivity contribution in [1.29, 1.82) is 0 Å². The maximum absolute atomic E-state index is 6.16. The van der Waals surface area contributed by atoms with Gasteiger partial charge in [0.05, 0.1) is 0 Å². The fourth-order valence-electron chi connectivity index (χ4n) is 2.12. The number of hydrogen-bond acceptors (Lipinski definition) is 1. The third-order valence-electron chi connectivity index (χ3n) is 3.01. The number of alkyl halides is 1. The van der Waals surface area contributed by atoms with E-state index in [4.69, 9.17) is 11.6 Å². The van der Waals surface area contributed by atoms with Gasteiger partial charge in [-0.2, -0.15) is 0 Å². The van der Waals surface area contributed by atoms with Crippen LogP contribution in [0.4, 0.5) is 0 Å². The number of halogens is 2. The SMILES string of the molecule is Clc1ccccc1CN1CCCC1CBr. The lowest BCUT2D eigenvalue weighted by Crippen LogP contribution is -2.30. The van der Waals surface area contributed by atoms with E-state index in [0.29, 0.717) is 6.04 Å². The summed E-state index contributed by atoms with van der Waals surface area (Å²) >= 11 is 9.73. The molecule has 1 aromatic carbocycles. The minimum Gasteiger partial charge on any atom is -0.295 e. The van der Waals surface area contributed by atoms with Crippen LogP contribution in [0.3, 0.4) is 0 Å². The highest BCUT2D eigenvalue weighted by Gasteiger charge is 2.23. The molecule has 3 heteroatoms. The van der Waals surface area contributed by atoms with Gasteiger partial charge in [0.1, 0.15) is 0 Å². The molecule has 1 heterocycles. The number of benzene rings is 1. The highest BCUT2D eigenvalue weighted by molar-refractivity contribution is 9.09. The second-order valence-electron chi connectivity index (χ2n) is 4.01. The number of rotatable bonds is 3. The summed E-state index contributed by atoms with van der Waals surface area (Å²) in [5.74, 6) is 0. The molecule has 1 nitrogen and oxygen atoms in total. The fourth-order valence-corrected chi connectivity index (χ4v) is 3.05. The molecule has 0 bridgehead atoms. The van der Waals surface area contributed by atoms with Crippen molar-refractivity contribution in [3.63, 3.8) is 0 Å². The first-order valence-electron chi connectivity index (χ1n) is 5.34. The van der Waals surface area contributed by atoms with E-state index >= 15 is 0 Å². The monoisotopic (exact) mass is 287 g/mol. The summed E-state index contributed by atoms with van der Waals surface area (Å²) in [4.78, 5) is 2.51. The number of nitrogens with zero attached hydrogens (tertiary/aromatic N) is 1. The molecule has 82 valence electrons. The van der Waals surface area contributed by atoms with Gasteiger partial charge in [-0.3, -0.25) is 4.90 Å². The van der Waals surface area contributed by atoms with E-state index in [1.165, 1.54) is 24.9 Å². The average molecular weight is 289 g/mol. The lowest BCUT2D eigenvalue weighted by Gasteiger charge is -2.23. The van der Waals surface area contributed by atoms with E-state index in [-0.39, 0.29) is 0 Å². The Labute approximate surface area is 105 Å². The number of hydrogen-bond donors (Lipinski definition) is 0. The predicted molar refractivity (Wildman–Crippen MR) is 68.7 cm³/mol. The van der Waals surface area contributed by atoms with Crippen LogP contribution >= 0.6 is 27.5 Å².